The van der Waals surface area contributed by atoms with Crippen LogP contribution in [0, 0.1) is 5.82 Å². The van der Waals surface area contributed by atoms with Crippen molar-refractivity contribution in [3.63, 3.8) is 0 Å². The van der Waals surface area contributed by atoms with Gasteiger partial charge >= 0.3 is 0 Å². The second kappa shape index (κ2) is 6.16. The summed E-state index contributed by atoms with van der Waals surface area (Å²) in [6.07, 6.45) is 2.61. The predicted octanol–water partition coefficient (Wildman–Crippen LogP) is 4.35. The van der Waals surface area contributed by atoms with Crippen LogP contribution in [-0.2, 0) is 6.54 Å². The molecule has 0 atom stereocenters. The van der Waals surface area contributed by atoms with Crippen LogP contribution >= 0.6 is 15.9 Å². The van der Waals surface area contributed by atoms with Gasteiger partial charge in [0.2, 0.25) is 0 Å². The van der Waals surface area contributed by atoms with E-state index in [-0.39, 0.29) is 5.82 Å². The quantitative estimate of drug-likeness (QED) is 0.831. The molecular formula is C14H15BrFNO. The summed E-state index contributed by atoms with van der Waals surface area (Å²) in [5, 5.41) is 3.24. The van der Waals surface area contributed by atoms with Crippen LogP contribution in [0.25, 0.3) is 11.3 Å². The van der Waals surface area contributed by atoms with Gasteiger partial charge in [0.05, 0.1) is 16.3 Å². The first-order chi connectivity index (χ1) is 8.72. The Bertz CT molecular complexity index is 524. The summed E-state index contributed by atoms with van der Waals surface area (Å²) < 4.78 is 20.0. The van der Waals surface area contributed by atoms with Gasteiger partial charge in [-0.15, -0.1) is 0 Å². The van der Waals surface area contributed by atoms with E-state index >= 15 is 0 Å². The van der Waals surface area contributed by atoms with Gasteiger partial charge in [-0.1, -0.05) is 13.0 Å². The SMILES string of the molecule is CCCNCc1ccc(-c2occc2Br)c(F)c1. The third-order valence-electron chi connectivity index (χ3n) is 2.65. The molecule has 1 aromatic carbocycles. The van der Waals surface area contributed by atoms with Crippen molar-refractivity contribution < 1.29 is 8.81 Å². The molecule has 0 aliphatic rings. The number of halogens is 2. The van der Waals surface area contributed by atoms with E-state index in [1.807, 2.05) is 6.07 Å². The van der Waals surface area contributed by atoms with E-state index in [4.69, 9.17) is 4.42 Å². The number of rotatable bonds is 5. The average molecular weight is 312 g/mol. The molecule has 18 heavy (non-hydrogen) atoms. The third-order valence-corrected chi connectivity index (χ3v) is 3.28. The van der Waals surface area contributed by atoms with Crippen molar-refractivity contribution in [2.24, 2.45) is 0 Å². The molecule has 0 saturated heterocycles. The summed E-state index contributed by atoms with van der Waals surface area (Å²) in [5.74, 6) is 0.266. The van der Waals surface area contributed by atoms with Crippen LogP contribution in [-0.4, -0.2) is 6.54 Å². The molecule has 0 aliphatic carbocycles. The molecular weight excluding hydrogens is 297 g/mol. The van der Waals surface area contributed by atoms with Crippen LogP contribution in [0.4, 0.5) is 4.39 Å². The predicted molar refractivity (Wildman–Crippen MR) is 73.8 cm³/mol. The standard InChI is InChI=1S/C14H15BrFNO/c1-2-6-17-9-10-3-4-11(13(16)8-10)14-12(15)5-7-18-14/h3-5,7-8,17H,2,6,9H2,1H3. The molecule has 1 N–H and O–H groups in total. The topological polar surface area (TPSA) is 25.2 Å². The fourth-order valence-electron chi connectivity index (χ4n) is 1.75. The minimum atomic E-state index is -0.263. The lowest BCUT2D eigenvalue weighted by atomic mass is 10.1. The minimum Gasteiger partial charge on any atom is -0.463 e. The van der Waals surface area contributed by atoms with Crippen molar-refractivity contribution in [3.05, 3.63) is 46.4 Å². The van der Waals surface area contributed by atoms with Gasteiger partial charge in [-0.05, 0) is 52.7 Å². The van der Waals surface area contributed by atoms with Crippen LogP contribution in [0.3, 0.4) is 0 Å². The van der Waals surface area contributed by atoms with E-state index in [0.717, 1.165) is 23.0 Å². The molecule has 4 heteroatoms. The Morgan fingerprint density at radius 3 is 2.78 bits per heavy atom. The lowest BCUT2D eigenvalue weighted by Gasteiger charge is -2.06. The number of hydrogen-bond acceptors (Lipinski definition) is 2. The maximum atomic E-state index is 14.0. The maximum absolute atomic E-state index is 14.0. The van der Waals surface area contributed by atoms with Gasteiger partial charge in [0, 0.05) is 6.54 Å². The molecule has 0 spiro atoms. The Labute approximate surface area is 114 Å². The minimum absolute atomic E-state index is 0.263. The fourth-order valence-corrected chi connectivity index (χ4v) is 2.16. The van der Waals surface area contributed by atoms with Crippen LogP contribution < -0.4 is 5.32 Å². The zero-order valence-electron chi connectivity index (χ0n) is 10.2. The fraction of sp³-hybridized carbons (Fsp3) is 0.286. The van der Waals surface area contributed by atoms with Crippen molar-refractivity contribution in [1.82, 2.24) is 5.32 Å². The molecule has 1 heterocycles. The monoisotopic (exact) mass is 311 g/mol. The highest BCUT2D eigenvalue weighted by molar-refractivity contribution is 9.10. The van der Waals surface area contributed by atoms with Crippen LogP contribution in [0.2, 0.25) is 0 Å². The van der Waals surface area contributed by atoms with Gasteiger partial charge in [0.15, 0.2) is 5.76 Å². The van der Waals surface area contributed by atoms with Gasteiger partial charge in [-0.25, -0.2) is 4.39 Å². The van der Waals surface area contributed by atoms with Crippen molar-refractivity contribution >= 4 is 15.9 Å². The first kappa shape index (κ1) is 13.3. The zero-order chi connectivity index (χ0) is 13.0. The van der Waals surface area contributed by atoms with E-state index < -0.39 is 0 Å². The summed E-state index contributed by atoms with van der Waals surface area (Å²) in [4.78, 5) is 0. The molecule has 2 rings (SSSR count). The molecule has 2 nitrogen and oxygen atoms in total. The summed E-state index contributed by atoms with van der Waals surface area (Å²) >= 11 is 3.33. The van der Waals surface area contributed by atoms with Crippen molar-refractivity contribution in [1.29, 1.82) is 0 Å². The van der Waals surface area contributed by atoms with E-state index in [1.165, 1.54) is 6.26 Å². The molecule has 0 unspecified atom stereocenters. The van der Waals surface area contributed by atoms with Gasteiger partial charge in [0.25, 0.3) is 0 Å². The second-order valence-corrected chi connectivity index (χ2v) is 4.94. The number of benzene rings is 1. The van der Waals surface area contributed by atoms with Gasteiger partial charge in [0.1, 0.15) is 5.82 Å². The number of furan rings is 1. The second-order valence-electron chi connectivity index (χ2n) is 4.09. The first-order valence-electron chi connectivity index (χ1n) is 5.95. The lowest BCUT2D eigenvalue weighted by Crippen LogP contribution is -2.13. The first-order valence-corrected chi connectivity index (χ1v) is 6.74. The Morgan fingerprint density at radius 2 is 2.17 bits per heavy atom. The number of nitrogens with one attached hydrogen (secondary N) is 1. The van der Waals surface area contributed by atoms with Gasteiger partial charge < -0.3 is 9.73 Å². The van der Waals surface area contributed by atoms with Crippen LogP contribution in [0.1, 0.15) is 18.9 Å². The van der Waals surface area contributed by atoms with Crippen LogP contribution in [0.15, 0.2) is 39.4 Å². The highest BCUT2D eigenvalue weighted by atomic mass is 79.9. The zero-order valence-corrected chi connectivity index (χ0v) is 11.8. The largest absolute Gasteiger partial charge is 0.463 e. The molecule has 0 saturated carbocycles. The van der Waals surface area contributed by atoms with Gasteiger partial charge in [-0.2, -0.15) is 0 Å². The van der Waals surface area contributed by atoms with Crippen LogP contribution in [0.5, 0.6) is 0 Å². The van der Waals surface area contributed by atoms with E-state index in [9.17, 15) is 4.39 Å². The lowest BCUT2D eigenvalue weighted by molar-refractivity contribution is 0.567. The summed E-state index contributed by atoms with van der Waals surface area (Å²) in [6.45, 7) is 3.72. The summed E-state index contributed by atoms with van der Waals surface area (Å²) in [7, 11) is 0. The van der Waals surface area contributed by atoms with Crippen molar-refractivity contribution in [3.8, 4) is 11.3 Å². The number of hydrogen-bond donors (Lipinski definition) is 1. The smallest absolute Gasteiger partial charge is 0.150 e. The highest BCUT2D eigenvalue weighted by Crippen LogP contribution is 2.31. The van der Waals surface area contributed by atoms with E-state index in [2.05, 4.69) is 28.2 Å². The van der Waals surface area contributed by atoms with E-state index in [1.54, 1.807) is 18.2 Å². The molecule has 0 fully saturated rings. The molecule has 0 bridgehead atoms. The molecule has 0 aliphatic heterocycles. The Balaban J connectivity index is 2.18. The highest BCUT2D eigenvalue weighted by Gasteiger charge is 2.12. The summed E-state index contributed by atoms with van der Waals surface area (Å²) in [6, 6.07) is 6.97. The van der Waals surface area contributed by atoms with E-state index in [0.29, 0.717) is 17.9 Å². The van der Waals surface area contributed by atoms with Gasteiger partial charge in [-0.3, -0.25) is 0 Å². The Morgan fingerprint density at radius 1 is 1.33 bits per heavy atom. The maximum Gasteiger partial charge on any atom is 0.150 e. The average Bonchev–Trinajstić information content (AvgIpc) is 2.76. The third kappa shape index (κ3) is 3.00. The summed E-state index contributed by atoms with van der Waals surface area (Å²) in [5.41, 5.74) is 1.42. The molecule has 0 amide bonds. The molecule has 96 valence electrons. The van der Waals surface area contributed by atoms with Crippen molar-refractivity contribution in [2.45, 2.75) is 19.9 Å². The molecule has 2 aromatic rings. The Hall–Kier alpha value is -1.13. The normalized spacial score (nSPS) is 10.8. The van der Waals surface area contributed by atoms with Crippen molar-refractivity contribution in [2.75, 3.05) is 6.54 Å². The molecule has 1 aromatic heterocycles. The Kier molecular flexibility index (Phi) is 4.55. The molecule has 0 radical (unpaired) electrons.